The zero-order chi connectivity index (χ0) is 13.5. The van der Waals surface area contributed by atoms with Crippen LogP contribution in [0.3, 0.4) is 0 Å². The molecule has 0 saturated carbocycles. The van der Waals surface area contributed by atoms with Crippen LogP contribution >= 0.6 is 11.3 Å². The Morgan fingerprint density at radius 2 is 1.65 bits per heavy atom. The molecule has 0 amide bonds. The van der Waals surface area contributed by atoms with Crippen LogP contribution in [-0.4, -0.2) is 4.98 Å². The van der Waals surface area contributed by atoms with E-state index >= 15 is 0 Å². The van der Waals surface area contributed by atoms with E-state index in [9.17, 15) is 0 Å². The molecule has 2 aromatic heterocycles. The average Bonchev–Trinajstić information content (AvgIpc) is 2.86. The number of pyridine rings is 1. The van der Waals surface area contributed by atoms with E-state index in [0.29, 0.717) is 0 Å². The molecule has 96 valence electrons. The Hall–Kier alpha value is -2.19. The lowest BCUT2D eigenvalue weighted by molar-refractivity contribution is 1.36. The van der Waals surface area contributed by atoms with Crippen LogP contribution in [0, 0.1) is 6.92 Å². The van der Waals surface area contributed by atoms with Crippen LogP contribution in [0.4, 0.5) is 0 Å². The van der Waals surface area contributed by atoms with Crippen LogP contribution in [0.5, 0.6) is 0 Å². The predicted molar refractivity (Wildman–Crippen MR) is 87.3 cm³/mol. The van der Waals surface area contributed by atoms with Crippen molar-refractivity contribution < 1.29 is 0 Å². The van der Waals surface area contributed by atoms with Gasteiger partial charge in [-0.25, -0.2) is 0 Å². The van der Waals surface area contributed by atoms with Gasteiger partial charge in [0.1, 0.15) is 0 Å². The van der Waals surface area contributed by atoms with Gasteiger partial charge in [-0.2, -0.15) is 0 Å². The Morgan fingerprint density at radius 1 is 0.850 bits per heavy atom. The molecular weight excluding hydrogens is 262 g/mol. The summed E-state index contributed by atoms with van der Waals surface area (Å²) in [7, 11) is 0. The minimum atomic E-state index is 1.04. The van der Waals surface area contributed by atoms with Crippen molar-refractivity contribution in [3.05, 3.63) is 66.4 Å². The molecule has 0 saturated heterocycles. The molecule has 2 heterocycles. The molecular formula is C18H13NS. The first-order valence-corrected chi connectivity index (χ1v) is 7.47. The lowest BCUT2D eigenvalue weighted by atomic mass is 10.1. The van der Waals surface area contributed by atoms with Gasteiger partial charge in [-0.3, -0.25) is 4.98 Å². The Kier molecular flexibility index (Phi) is 2.57. The second-order valence-electron chi connectivity index (χ2n) is 5.03. The second kappa shape index (κ2) is 4.43. The van der Waals surface area contributed by atoms with Crippen molar-refractivity contribution in [3.63, 3.8) is 0 Å². The first kappa shape index (κ1) is 11.6. The van der Waals surface area contributed by atoms with Gasteiger partial charge in [0.25, 0.3) is 0 Å². The van der Waals surface area contributed by atoms with E-state index in [-0.39, 0.29) is 0 Å². The minimum absolute atomic E-state index is 1.04. The Balaban J connectivity index is 1.97. The number of thiophene rings is 1. The van der Waals surface area contributed by atoms with Gasteiger partial charge in [-0.15, -0.1) is 11.3 Å². The predicted octanol–water partition coefficient (Wildman–Crippen LogP) is 5.42. The van der Waals surface area contributed by atoms with Crippen molar-refractivity contribution in [2.24, 2.45) is 0 Å². The lowest BCUT2D eigenvalue weighted by Crippen LogP contribution is -1.82. The molecule has 1 nitrogen and oxygen atoms in total. The molecule has 0 N–H and O–H groups in total. The van der Waals surface area contributed by atoms with Gasteiger partial charge in [0.15, 0.2) is 0 Å². The van der Waals surface area contributed by atoms with Crippen LogP contribution in [0.1, 0.15) is 5.56 Å². The van der Waals surface area contributed by atoms with E-state index in [0.717, 1.165) is 5.69 Å². The van der Waals surface area contributed by atoms with Crippen LogP contribution in [0.2, 0.25) is 0 Å². The normalized spacial score (nSPS) is 11.2. The summed E-state index contributed by atoms with van der Waals surface area (Å²) in [6.45, 7) is 2.10. The maximum Gasteiger partial charge on any atom is 0.0709 e. The molecule has 4 aromatic rings. The number of aryl methyl sites for hydroxylation is 1. The number of rotatable bonds is 1. The molecule has 0 aliphatic heterocycles. The minimum Gasteiger partial charge on any atom is -0.255 e. The highest BCUT2D eigenvalue weighted by molar-refractivity contribution is 7.25. The van der Waals surface area contributed by atoms with Gasteiger partial charge < -0.3 is 0 Å². The molecule has 0 atom stereocenters. The number of nitrogens with zero attached hydrogens (tertiary/aromatic N) is 1. The molecule has 0 spiro atoms. The maximum absolute atomic E-state index is 4.61. The highest BCUT2D eigenvalue weighted by Crippen LogP contribution is 2.34. The zero-order valence-electron chi connectivity index (χ0n) is 11.1. The number of benzene rings is 2. The quantitative estimate of drug-likeness (QED) is 0.451. The molecule has 0 aliphatic rings. The van der Waals surface area contributed by atoms with Crippen molar-refractivity contribution in [1.82, 2.24) is 4.98 Å². The molecule has 0 radical (unpaired) electrons. The first-order chi connectivity index (χ1) is 9.81. The molecule has 0 bridgehead atoms. The van der Waals surface area contributed by atoms with E-state index < -0.39 is 0 Å². The van der Waals surface area contributed by atoms with Crippen molar-refractivity contribution >= 4 is 31.5 Å². The second-order valence-corrected chi connectivity index (χ2v) is 6.11. The van der Waals surface area contributed by atoms with Crippen molar-refractivity contribution in [1.29, 1.82) is 0 Å². The highest BCUT2D eigenvalue weighted by Gasteiger charge is 2.07. The Bertz CT molecular complexity index is 904. The standard InChI is InChI=1S/C18H13NS/c1-12-6-8-13(9-7-12)16-10-15-14-4-2-3-5-17(14)20-18(15)11-19-16/h2-11H,1H3. The molecule has 2 heteroatoms. The van der Waals surface area contributed by atoms with Gasteiger partial charge in [0.05, 0.1) is 10.4 Å². The fourth-order valence-corrected chi connectivity index (χ4v) is 3.57. The Morgan fingerprint density at radius 3 is 2.50 bits per heavy atom. The third-order valence-corrected chi connectivity index (χ3v) is 4.73. The highest BCUT2D eigenvalue weighted by atomic mass is 32.1. The smallest absolute Gasteiger partial charge is 0.0709 e. The summed E-state index contributed by atoms with van der Waals surface area (Å²) in [4.78, 5) is 4.61. The summed E-state index contributed by atoms with van der Waals surface area (Å²) in [5, 5.41) is 2.62. The van der Waals surface area contributed by atoms with Gasteiger partial charge in [-0.05, 0) is 19.1 Å². The largest absolute Gasteiger partial charge is 0.255 e. The molecule has 4 rings (SSSR count). The van der Waals surface area contributed by atoms with Crippen molar-refractivity contribution in [2.75, 3.05) is 0 Å². The fourth-order valence-electron chi connectivity index (χ4n) is 2.51. The van der Waals surface area contributed by atoms with E-state index in [1.807, 2.05) is 6.20 Å². The van der Waals surface area contributed by atoms with Crippen LogP contribution in [0.15, 0.2) is 60.8 Å². The molecule has 0 unspecified atom stereocenters. The molecule has 0 fully saturated rings. The third kappa shape index (κ3) is 1.81. The van der Waals surface area contributed by atoms with E-state index in [1.165, 1.54) is 31.3 Å². The fraction of sp³-hybridized carbons (Fsp3) is 0.0556. The summed E-state index contributed by atoms with van der Waals surface area (Å²) in [6, 6.07) is 19.3. The zero-order valence-corrected chi connectivity index (χ0v) is 11.9. The third-order valence-electron chi connectivity index (χ3n) is 3.61. The summed E-state index contributed by atoms with van der Waals surface area (Å²) in [5.41, 5.74) is 3.49. The summed E-state index contributed by atoms with van der Waals surface area (Å²) in [5.74, 6) is 0. The van der Waals surface area contributed by atoms with E-state index in [2.05, 4.69) is 66.5 Å². The van der Waals surface area contributed by atoms with Crippen LogP contribution < -0.4 is 0 Å². The number of hydrogen-bond acceptors (Lipinski definition) is 2. The van der Waals surface area contributed by atoms with Crippen LogP contribution in [-0.2, 0) is 0 Å². The van der Waals surface area contributed by atoms with Gasteiger partial charge in [0.2, 0.25) is 0 Å². The van der Waals surface area contributed by atoms with E-state index in [1.54, 1.807) is 11.3 Å². The SMILES string of the molecule is Cc1ccc(-c2cc3c(cn2)sc2ccccc23)cc1. The van der Waals surface area contributed by atoms with Gasteiger partial charge in [-0.1, -0.05) is 48.0 Å². The maximum atomic E-state index is 4.61. The van der Waals surface area contributed by atoms with Gasteiger partial charge in [0, 0.05) is 27.2 Å². The summed E-state index contributed by atoms with van der Waals surface area (Å²) >= 11 is 1.81. The Labute approximate surface area is 121 Å². The topological polar surface area (TPSA) is 12.9 Å². The summed E-state index contributed by atoms with van der Waals surface area (Å²) < 4.78 is 2.58. The number of fused-ring (bicyclic) bond motifs is 3. The molecule has 0 aliphatic carbocycles. The van der Waals surface area contributed by atoms with Crippen LogP contribution in [0.25, 0.3) is 31.4 Å². The number of hydrogen-bond donors (Lipinski definition) is 0. The molecule has 20 heavy (non-hydrogen) atoms. The average molecular weight is 275 g/mol. The van der Waals surface area contributed by atoms with Crippen molar-refractivity contribution in [2.45, 2.75) is 6.92 Å². The first-order valence-electron chi connectivity index (χ1n) is 6.65. The van der Waals surface area contributed by atoms with E-state index in [4.69, 9.17) is 0 Å². The molecule has 2 aromatic carbocycles. The number of aromatic nitrogens is 1. The lowest BCUT2D eigenvalue weighted by Gasteiger charge is -2.02. The van der Waals surface area contributed by atoms with Crippen molar-refractivity contribution in [3.8, 4) is 11.3 Å². The monoisotopic (exact) mass is 275 g/mol. The van der Waals surface area contributed by atoms with Gasteiger partial charge >= 0.3 is 0 Å². The summed E-state index contributed by atoms with van der Waals surface area (Å²) in [6.07, 6.45) is 2.00.